The summed E-state index contributed by atoms with van der Waals surface area (Å²) in [6, 6.07) is 10.8. The second kappa shape index (κ2) is 6.88. The number of benzene rings is 1. The Morgan fingerprint density at radius 1 is 1.35 bits per heavy atom. The van der Waals surface area contributed by atoms with Gasteiger partial charge in [-0.15, -0.1) is 11.3 Å². The molecule has 3 nitrogen and oxygen atoms in total. The van der Waals surface area contributed by atoms with Crippen molar-refractivity contribution in [2.45, 2.75) is 25.4 Å². The van der Waals surface area contributed by atoms with E-state index in [2.05, 4.69) is 5.32 Å². The van der Waals surface area contributed by atoms with E-state index in [4.69, 9.17) is 17.3 Å². The molecular weight excluding hydrogens is 292 g/mol. The van der Waals surface area contributed by atoms with Gasteiger partial charge in [0.15, 0.2) is 0 Å². The van der Waals surface area contributed by atoms with Crippen molar-refractivity contribution in [3.05, 3.63) is 57.2 Å². The number of carbonyl (C=O) groups excluding carboxylic acids is 1. The number of thiophene rings is 1. The van der Waals surface area contributed by atoms with Crippen LogP contribution < -0.4 is 11.1 Å². The molecule has 106 valence electrons. The average molecular weight is 309 g/mol. The first-order valence-electron chi connectivity index (χ1n) is 6.40. The molecule has 0 saturated carbocycles. The van der Waals surface area contributed by atoms with E-state index in [9.17, 15) is 4.79 Å². The fourth-order valence-electron chi connectivity index (χ4n) is 1.96. The summed E-state index contributed by atoms with van der Waals surface area (Å²) >= 11 is 7.34. The smallest absolute Gasteiger partial charge is 0.242 e. The van der Waals surface area contributed by atoms with Gasteiger partial charge in [0.1, 0.15) is 6.04 Å². The molecular formula is C15H17ClN2OS. The summed E-state index contributed by atoms with van der Waals surface area (Å²) in [5, 5.41) is 5.57. The first-order chi connectivity index (χ1) is 9.56. The van der Waals surface area contributed by atoms with Crippen molar-refractivity contribution in [3.63, 3.8) is 0 Å². The monoisotopic (exact) mass is 308 g/mol. The van der Waals surface area contributed by atoms with Gasteiger partial charge in [0.05, 0.1) is 0 Å². The van der Waals surface area contributed by atoms with Crippen molar-refractivity contribution in [3.8, 4) is 0 Å². The second-order valence-electron chi connectivity index (χ2n) is 4.73. The van der Waals surface area contributed by atoms with Gasteiger partial charge in [0.2, 0.25) is 5.91 Å². The molecule has 1 amide bonds. The second-order valence-corrected chi connectivity index (χ2v) is 6.15. The Kier molecular flexibility index (Phi) is 5.17. The molecule has 1 heterocycles. The molecule has 0 bridgehead atoms. The fourth-order valence-corrected chi connectivity index (χ4v) is 2.81. The molecule has 1 aromatic heterocycles. The molecule has 20 heavy (non-hydrogen) atoms. The molecule has 0 spiro atoms. The minimum absolute atomic E-state index is 0.0229. The summed E-state index contributed by atoms with van der Waals surface area (Å²) < 4.78 is 0. The van der Waals surface area contributed by atoms with Crippen LogP contribution in [-0.4, -0.2) is 11.9 Å². The number of nitrogens with two attached hydrogens (primary N) is 1. The van der Waals surface area contributed by atoms with Crippen LogP contribution in [0, 0.1) is 0 Å². The summed E-state index contributed by atoms with van der Waals surface area (Å²) in [7, 11) is 0. The third kappa shape index (κ3) is 4.07. The third-order valence-corrected chi connectivity index (χ3v) is 4.18. The molecule has 3 N–H and O–H groups in total. The highest BCUT2D eigenvalue weighted by atomic mass is 35.5. The highest BCUT2D eigenvalue weighted by Gasteiger charge is 2.18. The standard InChI is InChI=1S/C15H17ClN2OS/c1-10(9-11-4-6-12(16)7-5-11)18-15(19)14(17)13-3-2-8-20-13/h2-8,10,14H,9,17H2,1H3,(H,18,19). The minimum Gasteiger partial charge on any atom is -0.352 e. The fraction of sp³-hybridized carbons (Fsp3) is 0.267. The van der Waals surface area contributed by atoms with Gasteiger partial charge in [0.25, 0.3) is 0 Å². The van der Waals surface area contributed by atoms with Crippen molar-refractivity contribution in [1.29, 1.82) is 0 Å². The molecule has 0 saturated heterocycles. The van der Waals surface area contributed by atoms with Crippen molar-refractivity contribution >= 4 is 28.8 Å². The first-order valence-corrected chi connectivity index (χ1v) is 7.66. The number of hydrogen-bond acceptors (Lipinski definition) is 3. The summed E-state index contributed by atoms with van der Waals surface area (Å²) in [5.74, 6) is -0.145. The molecule has 0 aliphatic heterocycles. The van der Waals surface area contributed by atoms with Crippen LogP contribution in [0.4, 0.5) is 0 Å². The van der Waals surface area contributed by atoms with Gasteiger partial charge >= 0.3 is 0 Å². The molecule has 0 fully saturated rings. The first kappa shape index (κ1) is 15.0. The van der Waals surface area contributed by atoms with Crippen LogP contribution in [0.5, 0.6) is 0 Å². The lowest BCUT2D eigenvalue weighted by molar-refractivity contribution is -0.123. The van der Waals surface area contributed by atoms with Gasteiger partial charge in [-0.25, -0.2) is 0 Å². The Hall–Kier alpha value is -1.36. The molecule has 0 radical (unpaired) electrons. The van der Waals surface area contributed by atoms with Crippen LogP contribution in [0.15, 0.2) is 41.8 Å². The van der Waals surface area contributed by atoms with Gasteiger partial charge < -0.3 is 11.1 Å². The highest BCUT2D eigenvalue weighted by Crippen LogP contribution is 2.17. The van der Waals surface area contributed by atoms with Crippen LogP contribution in [0.3, 0.4) is 0 Å². The molecule has 2 rings (SSSR count). The van der Waals surface area contributed by atoms with E-state index >= 15 is 0 Å². The molecule has 0 aliphatic rings. The number of halogens is 1. The quantitative estimate of drug-likeness (QED) is 0.891. The van der Waals surface area contributed by atoms with Crippen LogP contribution >= 0.6 is 22.9 Å². The maximum atomic E-state index is 12.0. The van der Waals surface area contributed by atoms with Crippen LogP contribution in [0.25, 0.3) is 0 Å². The summed E-state index contributed by atoms with van der Waals surface area (Å²) in [4.78, 5) is 12.9. The lowest BCUT2D eigenvalue weighted by Gasteiger charge is -2.17. The van der Waals surface area contributed by atoms with E-state index < -0.39 is 6.04 Å². The zero-order valence-electron chi connectivity index (χ0n) is 11.2. The van der Waals surface area contributed by atoms with E-state index in [-0.39, 0.29) is 11.9 Å². The molecule has 2 atom stereocenters. The van der Waals surface area contributed by atoms with Crippen molar-refractivity contribution in [2.24, 2.45) is 5.73 Å². The molecule has 2 aromatic rings. The maximum absolute atomic E-state index is 12.0. The van der Waals surface area contributed by atoms with Gasteiger partial charge in [-0.3, -0.25) is 4.79 Å². The summed E-state index contributed by atoms with van der Waals surface area (Å²) in [6.07, 6.45) is 0.750. The Morgan fingerprint density at radius 2 is 2.05 bits per heavy atom. The number of nitrogens with one attached hydrogen (secondary N) is 1. The molecule has 0 aliphatic carbocycles. The van der Waals surface area contributed by atoms with Gasteiger partial charge in [0, 0.05) is 15.9 Å². The zero-order valence-corrected chi connectivity index (χ0v) is 12.7. The molecule has 5 heteroatoms. The van der Waals surface area contributed by atoms with Crippen LogP contribution in [0.1, 0.15) is 23.4 Å². The lowest BCUT2D eigenvalue weighted by atomic mass is 10.1. The summed E-state index contributed by atoms with van der Waals surface area (Å²) in [5.41, 5.74) is 7.06. The number of hydrogen-bond donors (Lipinski definition) is 2. The van der Waals surface area contributed by atoms with Crippen molar-refractivity contribution in [2.75, 3.05) is 0 Å². The topological polar surface area (TPSA) is 55.1 Å². The lowest BCUT2D eigenvalue weighted by Crippen LogP contribution is -2.40. The van der Waals surface area contributed by atoms with E-state index in [1.165, 1.54) is 11.3 Å². The Morgan fingerprint density at radius 3 is 2.65 bits per heavy atom. The maximum Gasteiger partial charge on any atom is 0.242 e. The Bertz CT molecular complexity index is 554. The highest BCUT2D eigenvalue weighted by molar-refractivity contribution is 7.10. The average Bonchev–Trinajstić information content (AvgIpc) is 2.94. The third-order valence-electron chi connectivity index (χ3n) is 2.98. The van der Waals surface area contributed by atoms with E-state index in [0.717, 1.165) is 16.9 Å². The predicted octanol–water partition coefficient (Wildman–Crippen LogP) is 3.15. The number of carbonyl (C=O) groups is 1. The number of amides is 1. The SMILES string of the molecule is CC(Cc1ccc(Cl)cc1)NC(=O)C(N)c1cccs1. The van der Waals surface area contributed by atoms with Crippen molar-refractivity contribution in [1.82, 2.24) is 5.32 Å². The van der Waals surface area contributed by atoms with Crippen LogP contribution in [0.2, 0.25) is 5.02 Å². The van der Waals surface area contributed by atoms with Gasteiger partial charge in [-0.05, 0) is 42.5 Å². The molecule has 2 unspecified atom stereocenters. The van der Waals surface area contributed by atoms with E-state index in [1.807, 2.05) is 48.7 Å². The Balaban J connectivity index is 1.89. The number of rotatable bonds is 5. The Labute approximate surface area is 127 Å². The van der Waals surface area contributed by atoms with Gasteiger partial charge in [-0.1, -0.05) is 29.8 Å². The van der Waals surface area contributed by atoms with Crippen LogP contribution in [-0.2, 0) is 11.2 Å². The van der Waals surface area contributed by atoms with Gasteiger partial charge in [-0.2, -0.15) is 0 Å². The summed E-state index contributed by atoms with van der Waals surface area (Å²) in [6.45, 7) is 1.97. The van der Waals surface area contributed by atoms with E-state index in [0.29, 0.717) is 5.02 Å². The van der Waals surface area contributed by atoms with E-state index in [1.54, 1.807) is 0 Å². The predicted molar refractivity (Wildman–Crippen MR) is 84.0 cm³/mol. The molecule has 1 aromatic carbocycles. The minimum atomic E-state index is -0.595. The normalized spacial score (nSPS) is 13.8. The largest absolute Gasteiger partial charge is 0.352 e. The zero-order chi connectivity index (χ0) is 14.5. The van der Waals surface area contributed by atoms with Crippen molar-refractivity contribution < 1.29 is 4.79 Å².